The lowest BCUT2D eigenvalue weighted by atomic mass is 10.2. The molecular weight excluding hydrogens is 322 g/mol. The molecule has 0 aliphatic carbocycles. The molecule has 0 saturated heterocycles. The number of rotatable bonds is 4. The number of amides is 1. The van der Waals surface area contributed by atoms with Gasteiger partial charge in [0.1, 0.15) is 25.4 Å². The van der Waals surface area contributed by atoms with Crippen LogP contribution in [0, 0.1) is 0 Å². The fraction of sp³-hybridized carbons (Fsp3) is 0.176. The zero-order chi connectivity index (χ0) is 17.1. The molecule has 126 valence electrons. The summed E-state index contributed by atoms with van der Waals surface area (Å²) < 4.78 is 13.0. The van der Waals surface area contributed by atoms with Crippen molar-refractivity contribution in [1.29, 1.82) is 0 Å². The molecule has 0 unspecified atom stereocenters. The lowest BCUT2D eigenvalue weighted by molar-refractivity contribution is 0.0789. The molecule has 1 aliphatic rings. The molecule has 3 heterocycles. The molecule has 3 aromatic rings. The van der Waals surface area contributed by atoms with Crippen LogP contribution < -0.4 is 14.8 Å². The number of para-hydroxylation sites is 2. The zero-order valence-electron chi connectivity index (χ0n) is 13.2. The molecule has 1 aromatic carbocycles. The largest absolute Gasteiger partial charge is 0.486 e. The number of fused-ring (bicyclic) bond motifs is 1. The number of ether oxygens (including phenoxy) is 2. The number of nitrogens with one attached hydrogen (secondary N) is 1. The quantitative estimate of drug-likeness (QED) is 0.770. The van der Waals surface area contributed by atoms with Crippen molar-refractivity contribution in [2.75, 3.05) is 13.2 Å². The number of hydrogen-bond acceptors (Lipinski definition) is 6. The number of carbonyl (C=O) groups is 1. The van der Waals surface area contributed by atoms with E-state index in [0.29, 0.717) is 30.3 Å². The van der Waals surface area contributed by atoms with E-state index in [2.05, 4.69) is 20.4 Å². The van der Waals surface area contributed by atoms with Gasteiger partial charge in [0.15, 0.2) is 17.3 Å². The average molecular weight is 337 g/mol. The first kappa shape index (κ1) is 15.1. The van der Waals surface area contributed by atoms with Crippen molar-refractivity contribution in [3.05, 3.63) is 60.8 Å². The first-order valence-electron chi connectivity index (χ1n) is 7.77. The van der Waals surface area contributed by atoms with Gasteiger partial charge in [0.05, 0.1) is 6.54 Å². The van der Waals surface area contributed by atoms with Gasteiger partial charge < -0.3 is 14.8 Å². The third kappa shape index (κ3) is 3.27. The van der Waals surface area contributed by atoms with E-state index in [9.17, 15) is 4.79 Å². The number of hydrogen-bond donors (Lipinski definition) is 1. The summed E-state index contributed by atoms with van der Waals surface area (Å²) >= 11 is 0. The van der Waals surface area contributed by atoms with Crippen molar-refractivity contribution < 1.29 is 14.3 Å². The van der Waals surface area contributed by atoms with Gasteiger partial charge in [-0.25, -0.2) is 14.6 Å². The molecule has 0 saturated carbocycles. The van der Waals surface area contributed by atoms with Crippen LogP contribution in [-0.2, 0) is 0 Å². The molecule has 1 aliphatic heterocycles. The number of pyridine rings is 1. The van der Waals surface area contributed by atoms with E-state index >= 15 is 0 Å². The summed E-state index contributed by atoms with van der Waals surface area (Å²) in [4.78, 5) is 20.4. The number of nitrogens with zero attached hydrogens (tertiary/aromatic N) is 4. The Labute approximate surface area is 143 Å². The minimum atomic E-state index is -0.240. The van der Waals surface area contributed by atoms with Crippen LogP contribution in [0.15, 0.2) is 55.2 Å². The molecule has 2 aromatic heterocycles. The highest BCUT2D eigenvalue weighted by atomic mass is 16.6. The van der Waals surface area contributed by atoms with Gasteiger partial charge in [-0.2, -0.15) is 5.10 Å². The molecule has 0 spiro atoms. The molecule has 0 radical (unpaired) electrons. The molecule has 8 nitrogen and oxygen atoms in total. The van der Waals surface area contributed by atoms with Gasteiger partial charge in [0, 0.05) is 11.8 Å². The van der Waals surface area contributed by atoms with Crippen LogP contribution in [-0.4, -0.2) is 44.9 Å². The van der Waals surface area contributed by atoms with Gasteiger partial charge in [-0.1, -0.05) is 12.1 Å². The minimum Gasteiger partial charge on any atom is -0.486 e. The Morgan fingerprint density at radius 1 is 1.28 bits per heavy atom. The predicted octanol–water partition coefficient (Wildman–Crippen LogP) is 1.23. The second-order valence-electron chi connectivity index (χ2n) is 5.45. The summed E-state index contributed by atoms with van der Waals surface area (Å²) in [5.74, 6) is 1.71. The van der Waals surface area contributed by atoms with E-state index < -0.39 is 0 Å². The summed E-state index contributed by atoms with van der Waals surface area (Å²) in [6.45, 7) is 0.728. The fourth-order valence-corrected chi connectivity index (χ4v) is 2.48. The molecule has 0 fully saturated rings. The first-order valence-corrected chi connectivity index (χ1v) is 7.77. The van der Waals surface area contributed by atoms with Gasteiger partial charge >= 0.3 is 0 Å². The number of benzene rings is 1. The predicted molar refractivity (Wildman–Crippen MR) is 87.8 cm³/mol. The van der Waals surface area contributed by atoms with Gasteiger partial charge in [0.25, 0.3) is 5.91 Å². The van der Waals surface area contributed by atoms with Gasteiger partial charge in [-0.15, -0.1) is 0 Å². The smallest absolute Gasteiger partial charge is 0.251 e. The van der Waals surface area contributed by atoms with Crippen LogP contribution in [0.1, 0.15) is 10.4 Å². The van der Waals surface area contributed by atoms with Crippen LogP contribution in [0.25, 0.3) is 5.82 Å². The molecule has 8 heteroatoms. The monoisotopic (exact) mass is 337 g/mol. The Morgan fingerprint density at radius 3 is 3.00 bits per heavy atom. The van der Waals surface area contributed by atoms with Crippen molar-refractivity contribution in [3.63, 3.8) is 0 Å². The third-order valence-electron chi connectivity index (χ3n) is 3.72. The first-order chi connectivity index (χ1) is 12.3. The number of aromatic nitrogens is 4. The summed E-state index contributed by atoms with van der Waals surface area (Å²) in [7, 11) is 0. The molecule has 1 atom stereocenters. The highest BCUT2D eigenvalue weighted by molar-refractivity contribution is 5.94. The lowest BCUT2D eigenvalue weighted by Gasteiger charge is -2.26. The minimum absolute atomic E-state index is 0.216. The Balaban J connectivity index is 1.39. The summed E-state index contributed by atoms with van der Waals surface area (Å²) in [6, 6.07) is 10.8. The maximum atomic E-state index is 12.4. The van der Waals surface area contributed by atoms with Crippen molar-refractivity contribution in [2.24, 2.45) is 0 Å². The maximum Gasteiger partial charge on any atom is 0.251 e. The Bertz CT molecular complexity index is 882. The lowest BCUT2D eigenvalue weighted by Crippen LogP contribution is -2.40. The van der Waals surface area contributed by atoms with E-state index in [-0.39, 0.29) is 12.0 Å². The number of carbonyl (C=O) groups excluding carboxylic acids is 1. The topological polar surface area (TPSA) is 91.2 Å². The van der Waals surface area contributed by atoms with Crippen LogP contribution >= 0.6 is 0 Å². The molecule has 4 rings (SSSR count). The standard InChI is InChI=1S/C17H15N5O3/c23-17(12-5-6-19-16(7-12)22-11-18-10-21-22)20-8-13-9-24-14-3-1-2-4-15(14)25-13/h1-7,10-11,13H,8-9H2,(H,20,23)/t13-/m0/s1. The molecule has 0 bridgehead atoms. The Morgan fingerprint density at radius 2 is 2.16 bits per heavy atom. The Hall–Kier alpha value is -3.42. The third-order valence-corrected chi connectivity index (χ3v) is 3.72. The summed E-state index contributed by atoms with van der Waals surface area (Å²) in [6.07, 6.45) is 4.25. The van der Waals surface area contributed by atoms with Crippen molar-refractivity contribution in [2.45, 2.75) is 6.10 Å². The average Bonchev–Trinajstić information content (AvgIpc) is 3.21. The summed E-state index contributed by atoms with van der Waals surface area (Å²) in [5, 5.41) is 6.86. The normalized spacial score (nSPS) is 15.6. The second-order valence-corrected chi connectivity index (χ2v) is 5.45. The molecule has 1 amide bonds. The van der Waals surface area contributed by atoms with E-state index in [1.165, 1.54) is 17.3 Å². The van der Waals surface area contributed by atoms with E-state index in [1.807, 2.05) is 24.3 Å². The highest BCUT2D eigenvalue weighted by Crippen LogP contribution is 2.30. The fourth-order valence-electron chi connectivity index (χ4n) is 2.48. The van der Waals surface area contributed by atoms with Crippen LogP contribution in [0.2, 0.25) is 0 Å². The SMILES string of the molecule is O=C(NC[C@H]1COc2ccccc2O1)c1ccnc(-n2cncn2)c1. The summed E-state index contributed by atoms with van der Waals surface area (Å²) in [5.41, 5.74) is 0.484. The molecular formula is C17H15N5O3. The zero-order valence-corrected chi connectivity index (χ0v) is 13.2. The van der Waals surface area contributed by atoms with Gasteiger partial charge in [-0.05, 0) is 24.3 Å². The van der Waals surface area contributed by atoms with Crippen LogP contribution in [0.4, 0.5) is 0 Å². The highest BCUT2D eigenvalue weighted by Gasteiger charge is 2.21. The second kappa shape index (κ2) is 6.60. The van der Waals surface area contributed by atoms with Crippen molar-refractivity contribution in [3.8, 4) is 17.3 Å². The Kier molecular flexibility index (Phi) is 3.99. The van der Waals surface area contributed by atoms with E-state index in [0.717, 1.165) is 5.75 Å². The molecule has 25 heavy (non-hydrogen) atoms. The van der Waals surface area contributed by atoms with Crippen LogP contribution in [0.3, 0.4) is 0 Å². The van der Waals surface area contributed by atoms with Crippen LogP contribution in [0.5, 0.6) is 11.5 Å². The van der Waals surface area contributed by atoms with Gasteiger partial charge in [0.2, 0.25) is 0 Å². The van der Waals surface area contributed by atoms with Crippen molar-refractivity contribution in [1.82, 2.24) is 25.1 Å². The van der Waals surface area contributed by atoms with E-state index in [1.54, 1.807) is 18.3 Å². The van der Waals surface area contributed by atoms with Gasteiger partial charge in [-0.3, -0.25) is 4.79 Å². The maximum absolute atomic E-state index is 12.4. The van der Waals surface area contributed by atoms with Crippen molar-refractivity contribution >= 4 is 5.91 Å². The molecule has 1 N–H and O–H groups in total. The van der Waals surface area contributed by atoms with E-state index in [4.69, 9.17) is 9.47 Å².